The summed E-state index contributed by atoms with van der Waals surface area (Å²) in [7, 11) is 0. The molecule has 0 aliphatic rings. The molecule has 0 nitrogen and oxygen atoms in total. The molecule has 0 atom stereocenters. The number of hydrogen-bond donors (Lipinski definition) is 0. The Morgan fingerprint density at radius 3 is 2.36 bits per heavy atom. The van der Waals surface area contributed by atoms with Gasteiger partial charge in [0.15, 0.2) is 0 Å². The Bertz CT molecular complexity index is 371. The van der Waals surface area contributed by atoms with Crippen LogP contribution in [0.4, 0.5) is 17.6 Å². The van der Waals surface area contributed by atoms with E-state index >= 15 is 0 Å². The van der Waals surface area contributed by atoms with Gasteiger partial charge in [0.25, 0.3) is 0 Å². The molecule has 0 aliphatic heterocycles. The first kappa shape index (κ1) is 10.6. The number of rotatable bonds is 1. The summed E-state index contributed by atoms with van der Waals surface area (Å²) in [5.41, 5.74) is -0.906. The zero-order chi connectivity index (χ0) is 10.8. The number of halogens is 4. The van der Waals surface area contributed by atoms with E-state index in [1.807, 2.05) is 0 Å². The van der Waals surface area contributed by atoms with Gasteiger partial charge in [-0.1, -0.05) is 6.07 Å². The van der Waals surface area contributed by atoms with E-state index in [1.165, 1.54) is 0 Å². The van der Waals surface area contributed by atoms with Gasteiger partial charge in [0.1, 0.15) is 5.82 Å². The van der Waals surface area contributed by atoms with Gasteiger partial charge in [-0.15, -0.1) is 12.3 Å². The van der Waals surface area contributed by atoms with E-state index in [1.54, 1.807) is 0 Å². The van der Waals surface area contributed by atoms with Gasteiger partial charge in [-0.2, -0.15) is 13.2 Å². The lowest BCUT2D eigenvalue weighted by molar-refractivity contribution is -0.137. The van der Waals surface area contributed by atoms with Crippen molar-refractivity contribution in [3.63, 3.8) is 0 Å². The van der Waals surface area contributed by atoms with Crippen molar-refractivity contribution in [1.29, 1.82) is 0 Å². The highest BCUT2D eigenvalue weighted by atomic mass is 19.4. The second kappa shape index (κ2) is 3.70. The molecule has 0 heterocycles. The van der Waals surface area contributed by atoms with Crippen molar-refractivity contribution in [3.8, 4) is 12.3 Å². The molecule has 74 valence electrons. The fourth-order valence-electron chi connectivity index (χ4n) is 0.977. The molecule has 0 spiro atoms. The van der Waals surface area contributed by atoms with Crippen LogP contribution in [0.1, 0.15) is 11.1 Å². The van der Waals surface area contributed by atoms with Crippen molar-refractivity contribution in [2.24, 2.45) is 0 Å². The first-order chi connectivity index (χ1) is 6.45. The maximum absolute atomic E-state index is 13.0. The van der Waals surface area contributed by atoms with E-state index in [9.17, 15) is 17.6 Å². The van der Waals surface area contributed by atoms with Gasteiger partial charge < -0.3 is 0 Å². The Kier molecular flexibility index (Phi) is 2.80. The molecule has 0 bridgehead atoms. The molecule has 0 aliphatic carbocycles. The summed E-state index contributed by atoms with van der Waals surface area (Å²) in [6.45, 7) is 0. The number of alkyl halides is 3. The minimum atomic E-state index is -4.52. The minimum Gasteiger partial charge on any atom is -0.207 e. The summed E-state index contributed by atoms with van der Waals surface area (Å²) in [5.74, 6) is 1.24. The molecular weight excluding hydrogens is 196 g/mol. The molecule has 0 aromatic heterocycles. The summed E-state index contributed by atoms with van der Waals surface area (Å²) in [6.07, 6.45) is 0.386. The average molecular weight is 202 g/mol. The van der Waals surface area contributed by atoms with E-state index in [0.717, 1.165) is 12.1 Å². The van der Waals surface area contributed by atoms with E-state index in [4.69, 9.17) is 6.42 Å². The summed E-state index contributed by atoms with van der Waals surface area (Å²) >= 11 is 0. The van der Waals surface area contributed by atoms with Crippen LogP contribution in [0.25, 0.3) is 0 Å². The molecule has 0 unspecified atom stereocenters. The van der Waals surface area contributed by atoms with Crippen LogP contribution in [0.2, 0.25) is 0 Å². The van der Waals surface area contributed by atoms with Crippen LogP contribution in [0.3, 0.4) is 0 Å². The third-order valence-electron chi connectivity index (χ3n) is 1.67. The van der Waals surface area contributed by atoms with Gasteiger partial charge in [-0.3, -0.25) is 0 Å². The van der Waals surface area contributed by atoms with Gasteiger partial charge in [0.2, 0.25) is 0 Å². The maximum Gasteiger partial charge on any atom is 0.416 e. The highest BCUT2D eigenvalue weighted by Crippen LogP contribution is 2.30. The Balaban J connectivity index is 3.08. The molecule has 0 fully saturated rings. The fraction of sp³-hybridized carbons (Fsp3) is 0.200. The molecule has 0 radical (unpaired) electrons. The van der Waals surface area contributed by atoms with Crippen LogP contribution in [-0.4, -0.2) is 0 Å². The van der Waals surface area contributed by atoms with Crippen LogP contribution in [-0.2, 0) is 12.6 Å². The largest absolute Gasteiger partial charge is 0.416 e. The number of hydrogen-bond acceptors (Lipinski definition) is 0. The molecular formula is C10H6F4. The van der Waals surface area contributed by atoms with Gasteiger partial charge in [-0.05, 0) is 17.7 Å². The van der Waals surface area contributed by atoms with E-state index < -0.39 is 17.6 Å². The lowest BCUT2D eigenvalue weighted by atomic mass is 10.1. The van der Waals surface area contributed by atoms with Crippen LogP contribution < -0.4 is 0 Å². The summed E-state index contributed by atoms with van der Waals surface area (Å²) in [6, 6.07) is 2.32. The number of terminal acetylenes is 1. The second-order valence-corrected chi connectivity index (χ2v) is 2.68. The standard InChI is InChI=1S/C10H6F4/c1-2-3-7-4-5-8(6-9(7)11)10(12,13)14/h1,4-6H,3H2. The van der Waals surface area contributed by atoms with Crippen LogP contribution in [0, 0.1) is 18.2 Å². The molecule has 4 heteroatoms. The molecule has 1 aromatic carbocycles. The van der Waals surface area contributed by atoms with E-state index in [-0.39, 0.29) is 12.0 Å². The van der Waals surface area contributed by atoms with Crippen LogP contribution in [0.5, 0.6) is 0 Å². The molecule has 1 rings (SSSR count). The molecule has 14 heavy (non-hydrogen) atoms. The first-order valence-electron chi connectivity index (χ1n) is 3.74. The van der Waals surface area contributed by atoms with Gasteiger partial charge >= 0.3 is 6.18 Å². The fourth-order valence-corrected chi connectivity index (χ4v) is 0.977. The summed E-state index contributed by atoms with van der Waals surface area (Å²) in [4.78, 5) is 0. The van der Waals surface area contributed by atoms with E-state index in [0.29, 0.717) is 6.07 Å². The molecule has 0 saturated carbocycles. The summed E-state index contributed by atoms with van der Waals surface area (Å²) in [5, 5.41) is 0. The first-order valence-corrected chi connectivity index (χ1v) is 3.74. The highest BCUT2D eigenvalue weighted by Gasteiger charge is 2.30. The van der Waals surface area contributed by atoms with Crippen molar-refractivity contribution >= 4 is 0 Å². The topological polar surface area (TPSA) is 0 Å². The molecule has 0 amide bonds. The van der Waals surface area contributed by atoms with Gasteiger partial charge in [0.05, 0.1) is 5.56 Å². The van der Waals surface area contributed by atoms with Crippen LogP contribution >= 0.6 is 0 Å². The Morgan fingerprint density at radius 1 is 1.29 bits per heavy atom. The minimum absolute atomic E-state index is 0.00995. The van der Waals surface area contributed by atoms with Crippen LogP contribution in [0.15, 0.2) is 18.2 Å². The Hall–Kier alpha value is -1.50. The monoisotopic (exact) mass is 202 g/mol. The van der Waals surface area contributed by atoms with Crippen molar-refractivity contribution in [3.05, 3.63) is 35.1 Å². The average Bonchev–Trinajstić information content (AvgIpc) is 2.07. The summed E-state index contributed by atoms with van der Waals surface area (Å²) < 4.78 is 49.2. The van der Waals surface area contributed by atoms with Crippen molar-refractivity contribution in [2.75, 3.05) is 0 Å². The lowest BCUT2D eigenvalue weighted by Crippen LogP contribution is -2.06. The molecule has 0 N–H and O–H groups in total. The third kappa shape index (κ3) is 2.25. The SMILES string of the molecule is C#CCc1ccc(C(F)(F)F)cc1F. The van der Waals surface area contributed by atoms with Crippen molar-refractivity contribution in [2.45, 2.75) is 12.6 Å². The van der Waals surface area contributed by atoms with Gasteiger partial charge in [-0.25, -0.2) is 4.39 Å². The zero-order valence-electron chi connectivity index (χ0n) is 7.03. The number of benzene rings is 1. The van der Waals surface area contributed by atoms with Gasteiger partial charge in [0, 0.05) is 6.42 Å². The zero-order valence-corrected chi connectivity index (χ0v) is 7.03. The predicted molar refractivity (Wildman–Crippen MR) is 43.9 cm³/mol. The lowest BCUT2D eigenvalue weighted by Gasteiger charge is -2.07. The second-order valence-electron chi connectivity index (χ2n) is 2.68. The Morgan fingerprint density at radius 2 is 1.93 bits per heavy atom. The van der Waals surface area contributed by atoms with Crippen molar-refractivity contribution in [1.82, 2.24) is 0 Å². The smallest absolute Gasteiger partial charge is 0.207 e. The molecule has 0 saturated heterocycles. The Labute approximate surface area is 78.6 Å². The maximum atomic E-state index is 13.0. The normalized spacial score (nSPS) is 11.1. The highest BCUT2D eigenvalue weighted by molar-refractivity contribution is 5.28. The third-order valence-corrected chi connectivity index (χ3v) is 1.67. The van der Waals surface area contributed by atoms with Crippen molar-refractivity contribution < 1.29 is 17.6 Å². The quantitative estimate of drug-likeness (QED) is 0.485. The van der Waals surface area contributed by atoms with E-state index in [2.05, 4.69) is 5.92 Å². The molecule has 1 aromatic rings. The predicted octanol–water partition coefficient (Wildman–Crippen LogP) is 3.02.